The number of methoxy groups -OCH3 is 1. The molecule has 0 bridgehead atoms. The van der Waals surface area contributed by atoms with Gasteiger partial charge in [-0.25, -0.2) is 0 Å². The first-order valence-corrected chi connectivity index (χ1v) is 11.9. The minimum absolute atomic E-state index is 0.0186. The second kappa shape index (κ2) is 13.4. The molecule has 0 atom stereocenters. The molecule has 0 saturated heterocycles. The van der Waals surface area contributed by atoms with Gasteiger partial charge in [0.1, 0.15) is 18.1 Å². The fraction of sp³-hybridized carbons (Fsp3) is 0.310. The van der Waals surface area contributed by atoms with E-state index in [1.54, 1.807) is 31.4 Å². The Morgan fingerprint density at radius 3 is 1.89 bits per heavy atom. The van der Waals surface area contributed by atoms with Gasteiger partial charge in [0, 0.05) is 0 Å². The van der Waals surface area contributed by atoms with Gasteiger partial charge in [-0.2, -0.15) is 0 Å². The number of benzene rings is 3. The maximum Gasteiger partial charge on any atom is 0.161 e. The fourth-order valence-electron chi connectivity index (χ4n) is 3.89. The molecule has 35 heavy (non-hydrogen) atoms. The van der Waals surface area contributed by atoms with Gasteiger partial charge in [-0.3, -0.25) is 0 Å². The Hall–Kier alpha value is -3.48. The van der Waals surface area contributed by atoms with Crippen LogP contribution < -0.4 is 9.47 Å². The molecule has 0 unspecified atom stereocenters. The monoisotopic (exact) mass is 478 g/mol. The number of hydrogen-bond donors (Lipinski definition) is 3. The third-order valence-electron chi connectivity index (χ3n) is 5.63. The summed E-state index contributed by atoms with van der Waals surface area (Å²) >= 11 is 0. The number of unbranched alkanes of at least 4 members (excludes halogenated alkanes) is 1. The lowest BCUT2D eigenvalue weighted by molar-refractivity contribution is 0.0699. The van der Waals surface area contributed by atoms with Crippen molar-refractivity contribution >= 4 is 11.1 Å². The van der Waals surface area contributed by atoms with E-state index in [9.17, 15) is 10.2 Å². The molecule has 0 radical (unpaired) electrons. The van der Waals surface area contributed by atoms with E-state index in [4.69, 9.17) is 19.3 Å². The lowest BCUT2D eigenvalue weighted by atomic mass is 9.87. The van der Waals surface area contributed by atoms with E-state index in [0.717, 1.165) is 47.1 Å². The standard InChI is InChI=1S/C29H34O6/c1-3-4-5-26(23-10-15-27(28(20-23)33-2)35-19-18-34-17-16-30)29(21-6-11-24(31)12-7-21)22-8-13-25(32)14-9-22/h6-15,20,30-32H,3-5,16-19H2,1-2H3. The van der Waals surface area contributed by atoms with E-state index in [0.29, 0.717) is 24.7 Å². The minimum Gasteiger partial charge on any atom is -0.508 e. The summed E-state index contributed by atoms with van der Waals surface area (Å²) in [7, 11) is 1.62. The van der Waals surface area contributed by atoms with Crippen LogP contribution in [0.3, 0.4) is 0 Å². The van der Waals surface area contributed by atoms with Crippen LogP contribution in [0.25, 0.3) is 11.1 Å². The zero-order valence-electron chi connectivity index (χ0n) is 20.4. The van der Waals surface area contributed by atoms with Gasteiger partial charge < -0.3 is 29.5 Å². The van der Waals surface area contributed by atoms with E-state index in [-0.39, 0.29) is 24.7 Å². The Kier molecular flexibility index (Phi) is 10.0. The SMILES string of the molecule is CCCCC(=C(c1ccc(O)cc1)c1ccc(O)cc1)c1ccc(OCCOCCO)c(OC)c1. The van der Waals surface area contributed by atoms with Crippen LogP contribution in [0, 0.1) is 0 Å². The quantitative estimate of drug-likeness (QED) is 0.218. The van der Waals surface area contributed by atoms with Gasteiger partial charge >= 0.3 is 0 Å². The highest BCUT2D eigenvalue weighted by molar-refractivity contribution is 5.99. The Bertz CT molecular complexity index is 1040. The number of aromatic hydroxyl groups is 2. The number of ether oxygens (including phenoxy) is 3. The third-order valence-corrected chi connectivity index (χ3v) is 5.63. The van der Waals surface area contributed by atoms with Gasteiger partial charge in [0.05, 0.1) is 26.9 Å². The number of rotatable bonds is 13. The fourth-order valence-corrected chi connectivity index (χ4v) is 3.89. The van der Waals surface area contributed by atoms with Gasteiger partial charge in [0.2, 0.25) is 0 Å². The lowest BCUT2D eigenvalue weighted by Gasteiger charge is -2.19. The summed E-state index contributed by atoms with van der Waals surface area (Å²) in [6.45, 7) is 3.14. The van der Waals surface area contributed by atoms with E-state index >= 15 is 0 Å². The van der Waals surface area contributed by atoms with Crippen molar-refractivity contribution in [1.29, 1.82) is 0 Å². The first-order chi connectivity index (χ1) is 17.1. The Labute approximate surface area is 207 Å². The zero-order chi connectivity index (χ0) is 25.0. The summed E-state index contributed by atoms with van der Waals surface area (Å²) in [5.74, 6) is 1.66. The number of allylic oxidation sites excluding steroid dienone is 1. The van der Waals surface area contributed by atoms with Crippen LogP contribution >= 0.6 is 0 Å². The third kappa shape index (κ3) is 7.25. The highest BCUT2D eigenvalue weighted by Crippen LogP contribution is 2.39. The van der Waals surface area contributed by atoms with Crippen LogP contribution in [0.2, 0.25) is 0 Å². The molecule has 0 aliphatic rings. The van der Waals surface area contributed by atoms with E-state index in [2.05, 4.69) is 6.92 Å². The predicted octanol–water partition coefficient (Wildman–Crippen LogP) is 5.64. The first kappa shape index (κ1) is 26.1. The predicted molar refractivity (Wildman–Crippen MR) is 138 cm³/mol. The molecule has 3 rings (SSSR count). The number of aliphatic hydroxyl groups is 1. The van der Waals surface area contributed by atoms with Crippen molar-refractivity contribution in [1.82, 2.24) is 0 Å². The summed E-state index contributed by atoms with van der Waals surface area (Å²) in [6.07, 6.45) is 2.87. The van der Waals surface area contributed by atoms with Gasteiger partial charge in [-0.15, -0.1) is 0 Å². The zero-order valence-corrected chi connectivity index (χ0v) is 20.4. The molecule has 3 aromatic rings. The van der Waals surface area contributed by atoms with Crippen LogP contribution in [0.15, 0.2) is 66.7 Å². The van der Waals surface area contributed by atoms with Gasteiger partial charge in [-0.05, 0) is 77.1 Å². The molecular formula is C29H34O6. The Morgan fingerprint density at radius 2 is 1.34 bits per heavy atom. The average molecular weight is 479 g/mol. The number of aliphatic hydroxyl groups excluding tert-OH is 1. The maximum atomic E-state index is 9.86. The van der Waals surface area contributed by atoms with Crippen LogP contribution in [0.1, 0.15) is 42.9 Å². The summed E-state index contributed by atoms with van der Waals surface area (Å²) < 4.78 is 16.8. The van der Waals surface area contributed by atoms with Crippen molar-refractivity contribution in [3.63, 3.8) is 0 Å². The maximum absolute atomic E-state index is 9.86. The summed E-state index contributed by atoms with van der Waals surface area (Å²) in [6, 6.07) is 20.3. The van der Waals surface area contributed by atoms with E-state index in [1.165, 1.54) is 0 Å². The van der Waals surface area contributed by atoms with E-state index < -0.39 is 0 Å². The molecule has 3 N–H and O–H groups in total. The number of phenols is 2. The molecule has 186 valence electrons. The first-order valence-electron chi connectivity index (χ1n) is 11.9. The Balaban J connectivity index is 2.08. The van der Waals surface area contributed by atoms with Crippen LogP contribution in [0.4, 0.5) is 0 Å². The van der Waals surface area contributed by atoms with Crippen molar-refractivity contribution < 1.29 is 29.5 Å². The van der Waals surface area contributed by atoms with Crippen molar-refractivity contribution in [2.24, 2.45) is 0 Å². The van der Waals surface area contributed by atoms with Crippen molar-refractivity contribution in [2.75, 3.05) is 33.5 Å². The van der Waals surface area contributed by atoms with Crippen molar-refractivity contribution in [3.05, 3.63) is 83.4 Å². The number of hydrogen-bond acceptors (Lipinski definition) is 6. The summed E-state index contributed by atoms with van der Waals surface area (Å²) in [5, 5.41) is 28.5. The average Bonchev–Trinajstić information content (AvgIpc) is 2.88. The second-order valence-electron chi connectivity index (χ2n) is 8.10. The topological polar surface area (TPSA) is 88.4 Å². The largest absolute Gasteiger partial charge is 0.508 e. The van der Waals surface area contributed by atoms with Gasteiger partial charge in [-0.1, -0.05) is 43.7 Å². The van der Waals surface area contributed by atoms with Crippen molar-refractivity contribution in [2.45, 2.75) is 26.2 Å². The molecule has 6 heteroatoms. The van der Waals surface area contributed by atoms with Gasteiger partial charge in [0.25, 0.3) is 0 Å². The van der Waals surface area contributed by atoms with E-state index in [1.807, 2.05) is 42.5 Å². The molecule has 0 fully saturated rings. The van der Waals surface area contributed by atoms with Gasteiger partial charge in [0.15, 0.2) is 11.5 Å². The number of phenolic OH excluding ortho intramolecular Hbond substituents is 2. The molecule has 0 aromatic heterocycles. The molecule has 0 heterocycles. The highest BCUT2D eigenvalue weighted by Gasteiger charge is 2.16. The van der Waals surface area contributed by atoms with Crippen LogP contribution in [0.5, 0.6) is 23.0 Å². The summed E-state index contributed by atoms with van der Waals surface area (Å²) in [4.78, 5) is 0. The molecule has 0 aliphatic carbocycles. The normalized spacial score (nSPS) is 10.7. The molecule has 6 nitrogen and oxygen atoms in total. The highest BCUT2D eigenvalue weighted by atomic mass is 16.5. The minimum atomic E-state index is -0.0186. The molecule has 0 saturated carbocycles. The molecular weight excluding hydrogens is 444 g/mol. The van der Waals surface area contributed by atoms with Crippen molar-refractivity contribution in [3.8, 4) is 23.0 Å². The van der Waals surface area contributed by atoms with Crippen LogP contribution in [-0.4, -0.2) is 48.9 Å². The molecule has 0 spiro atoms. The molecule has 3 aromatic carbocycles. The lowest BCUT2D eigenvalue weighted by Crippen LogP contribution is -2.09. The molecule has 0 amide bonds. The smallest absolute Gasteiger partial charge is 0.161 e. The Morgan fingerprint density at radius 1 is 0.743 bits per heavy atom. The van der Waals surface area contributed by atoms with Crippen LogP contribution in [-0.2, 0) is 4.74 Å². The summed E-state index contributed by atoms with van der Waals surface area (Å²) in [5.41, 5.74) is 5.13. The molecule has 0 aliphatic heterocycles. The second-order valence-corrected chi connectivity index (χ2v) is 8.10.